The Balaban J connectivity index is 0.000000273. The Hall–Kier alpha value is -3.02. The second-order valence-corrected chi connectivity index (χ2v) is 10.6. The van der Waals surface area contributed by atoms with Crippen LogP contribution in [0.25, 0.3) is 10.9 Å². The van der Waals surface area contributed by atoms with Crippen molar-refractivity contribution in [1.82, 2.24) is 20.6 Å². The van der Waals surface area contributed by atoms with Gasteiger partial charge >= 0.3 is 0 Å². The average Bonchev–Trinajstić information content (AvgIpc) is 2.86. The van der Waals surface area contributed by atoms with Crippen molar-refractivity contribution < 1.29 is 25.5 Å². The van der Waals surface area contributed by atoms with E-state index in [0.29, 0.717) is 28.7 Å². The van der Waals surface area contributed by atoms with Gasteiger partial charge in [0.1, 0.15) is 23.3 Å². The second kappa shape index (κ2) is 13.7. The summed E-state index contributed by atoms with van der Waals surface area (Å²) in [5.41, 5.74) is 1.30. The van der Waals surface area contributed by atoms with Gasteiger partial charge in [0.15, 0.2) is 0 Å². The number of aromatic hydroxyl groups is 2. The molecule has 1 aromatic carbocycles. The zero-order valence-corrected chi connectivity index (χ0v) is 23.0. The lowest BCUT2D eigenvalue weighted by Crippen LogP contribution is -2.39. The SMILES string of the molecule is CC(C)(C)NCC(O)c1ccc(O)c(CO)n1.CCC(NC(C)C)C(O)c1ccc(O)c2[nH]c(=O)ccc12. The van der Waals surface area contributed by atoms with Crippen molar-refractivity contribution in [1.29, 1.82) is 0 Å². The standard InChI is InChI=1S/C16H22N2O3.C12H20N2O3/c1-4-12(17-9(2)3)16(21)11-5-7-13(19)15-10(11)6-8-14(20)18-15;1-12(2,3)13-6-11(17)8-4-5-10(16)9(7-15)14-8/h5-9,12,16-17,19,21H,4H2,1-3H3,(H,18,20);4-5,11,13,15-17H,6-7H2,1-3H3. The van der Waals surface area contributed by atoms with Crippen LogP contribution in [0.1, 0.15) is 77.1 Å². The van der Waals surface area contributed by atoms with Crippen molar-refractivity contribution in [2.75, 3.05) is 6.54 Å². The number of rotatable bonds is 9. The number of aliphatic hydroxyl groups excluding tert-OH is 3. The molecule has 3 rings (SSSR count). The van der Waals surface area contributed by atoms with Crippen LogP contribution in [-0.4, -0.2) is 59.7 Å². The summed E-state index contributed by atoms with van der Waals surface area (Å²) >= 11 is 0. The fourth-order valence-corrected chi connectivity index (χ4v) is 3.91. The number of pyridine rings is 2. The third-order valence-electron chi connectivity index (χ3n) is 5.88. The maximum atomic E-state index is 11.4. The highest BCUT2D eigenvalue weighted by molar-refractivity contribution is 5.87. The predicted octanol–water partition coefficient (Wildman–Crippen LogP) is 2.74. The van der Waals surface area contributed by atoms with Crippen LogP contribution in [0.2, 0.25) is 0 Å². The van der Waals surface area contributed by atoms with Crippen molar-refractivity contribution in [3.63, 3.8) is 0 Å². The zero-order valence-electron chi connectivity index (χ0n) is 23.0. The fraction of sp³-hybridized carbons (Fsp3) is 0.500. The molecule has 0 aliphatic carbocycles. The average molecular weight is 531 g/mol. The first kappa shape index (κ1) is 31.2. The van der Waals surface area contributed by atoms with Crippen molar-refractivity contribution in [2.24, 2.45) is 0 Å². The molecule has 0 saturated carbocycles. The lowest BCUT2D eigenvalue weighted by atomic mass is 9.95. The molecule has 8 N–H and O–H groups in total. The second-order valence-electron chi connectivity index (χ2n) is 10.6. The van der Waals surface area contributed by atoms with Gasteiger partial charge in [-0.2, -0.15) is 0 Å². The normalized spacial score (nSPS) is 14.2. The highest BCUT2D eigenvalue weighted by Crippen LogP contribution is 2.31. The topological polar surface area (TPSA) is 171 Å². The molecule has 0 spiro atoms. The molecule has 0 aliphatic heterocycles. The van der Waals surface area contributed by atoms with Crippen LogP contribution in [0.15, 0.2) is 41.2 Å². The van der Waals surface area contributed by atoms with E-state index >= 15 is 0 Å². The molecule has 0 saturated heterocycles. The summed E-state index contributed by atoms with van der Waals surface area (Å²) in [7, 11) is 0. The minimum Gasteiger partial charge on any atom is -0.506 e. The van der Waals surface area contributed by atoms with Crippen LogP contribution in [0.4, 0.5) is 0 Å². The Kier molecular flexibility index (Phi) is 11.2. The van der Waals surface area contributed by atoms with Crippen LogP contribution < -0.4 is 16.2 Å². The molecule has 3 atom stereocenters. The maximum Gasteiger partial charge on any atom is 0.248 e. The number of phenols is 1. The van der Waals surface area contributed by atoms with Crippen molar-refractivity contribution >= 4 is 10.9 Å². The van der Waals surface area contributed by atoms with Gasteiger partial charge in [-0.1, -0.05) is 26.8 Å². The van der Waals surface area contributed by atoms with E-state index in [-0.39, 0.29) is 47.0 Å². The third-order valence-corrected chi connectivity index (χ3v) is 5.88. The van der Waals surface area contributed by atoms with Crippen LogP contribution in [0.5, 0.6) is 11.5 Å². The van der Waals surface area contributed by atoms with Crippen LogP contribution in [0.3, 0.4) is 0 Å². The molecule has 210 valence electrons. The molecule has 2 heterocycles. The summed E-state index contributed by atoms with van der Waals surface area (Å²) in [6, 6.07) is 9.36. The van der Waals surface area contributed by atoms with Gasteiger partial charge in [-0.15, -0.1) is 0 Å². The van der Waals surface area contributed by atoms with E-state index in [1.807, 2.05) is 41.5 Å². The number of phenolic OH excluding ortho intramolecular Hbond substituents is 1. The van der Waals surface area contributed by atoms with Crippen LogP contribution in [0, 0.1) is 0 Å². The number of hydrogen-bond donors (Lipinski definition) is 8. The Morgan fingerprint density at radius 3 is 2.24 bits per heavy atom. The maximum absolute atomic E-state index is 11.4. The van der Waals surface area contributed by atoms with Gasteiger partial charge < -0.3 is 41.2 Å². The molecule has 10 heteroatoms. The zero-order chi connectivity index (χ0) is 28.6. The molecule has 0 fully saturated rings. The Labute approximate surface area is 223 Å². The number of fused-ring (bicyclic) bond motifs is 1. The number of H-pyrrole nitrogens is 1. The molecule has 0 amide bonds. The molecule has 10 nitrogen and oxygen atoms in total. The van der Waals surface area contributed by atoms with Gasteiger partial charge in [-0.25, -0.2) is 4.98 Å². The fourth-order valence-electron chi connectivity index (χ4n) is 3.91. The molecule has 3 unspecified atom stereocenters. The van der Waals surface area contributed by atoms with Crippen molar-refractivity contribution in [2.45, 2.75) is 84.4 Å². The molecular formula is C28H42N4O6. The van der Waals surface area contributed by atoms with E-state index in [2.05, 4.69) is 20.6 Å². The highest BCUT2D eigenvalue weighted by Gasteiger charge is 2.22. The van der Waals surface area contributed by atoms with E-state index in [1.165, 1.54) is 18.2 Å². The molecule has 0 radical (unpaired) electrons. The summed E-state index contributed by atoms with van der Waals surface area (Å²) in [5, 5.41) is 55.9. The number of β-amino-alcohol motifs (C(OH)–C–C–N with tert-alkyl or cyclic N) is 1. The van der Waals surface area contributed by atoms with Gasteiger partial charge in [0.05, 0.1) is 23.9 Å². The van der Waals surface area contributed by atoms with Crippen molar-refractivity contribution in [3.05, 3.63) is 63.7 Å². The summed E-state index contributed by atoms with van der Waals surface area (Å²) in [6.07, 6.45) is -0.711. The predicted molar refractivity (Wildman–Crippen MR) is 148 cm³/mol. The number of benzene rings is 1. The molecule has 0 bridgehead atoms. The van der Waals surface area contributed by atoms with E-state index < -0.39 is 12.2 Å². The molecule has 3 aromatic rings. The van der Waals surface area contributed by atoms with Crippen LogP contribution in [-0.2, 0) is 6.61 Å². The first-order valence-electron chi connectivity index (χ1n) is 12.8. The summed E-state index contributed by atoms with van der Waals surface area (Å²) in [6.45, 7) is 12.1. The Morgan fingerprint density at radius 2 is 1.66 bits per heavy atom. The lowest BCUT2D eigenvalue weighted by molar-refractivity contribution is 0.123. The largest absolute Gasteiger partial charge is 0.506 e. The smallest absolute Gasteiger partial charge is 0.248 e. The molecule has 2 aromatic heterocycles. The van der Waals surface area contributed by atoms with E-state index in [1.54, 1.807) is 18.2 Å². The lowest BCUT2D eigenvalue weighted by Gasteiger charge is -2.26. The molecular weight excluding hydrogens is 488 g/mol. The third kappa shape index (κ3) is 8.78. The minimum atomic E-state index is -0.764. The number of aromatic nitrogens is 2. The number of aromatic amines is 1. The van der Waals surface area contributed by atoms with Gasteiger partial charge in [-0.05, 0) is 57.0 Å². The number of aliphatic hydroxyl groups is 3. The Bertz CT molecular complexity index is 1240. The van der Waals surface area contributed by atoms with Gasteiger partial charge in [-0.3, -0.25) is 4.79 Å². The molecule has 0 aliphatic rings. The van der Waals surface area contributed by atoms with E-state index in [0.717, 1.165) is 6.42 Å². The van der Waals surface area contributed by atoms with Gasteiger partial charge in [0.2, 0.25) is 5.56 Å². The summed E-state index contributed by atoms with van der Waals surface area (Å²) in [4.78, 5) is 18.0. The van der Waals surface area contributed by atoms with Crippen LogP contribution >= 0.6 is 0 Å². The summed E-state index contributed by atoms with van der Waals surface area (Å²) in [5.74, 6) is -0.0595. The Morgan fingerprint density at radius 1 is 1.00 bits per heavy atom. The highest BCUT2D eigenvalue weighted by atomic mass is 16.3. The summed E-state index contributed by atoms with van der Waals surface area (Å²) < 4.78 is 0. The van der Waals surface area contributed by atoms with E-state index in [9.17, 15) is 25.2 Å². The van der Waals surface area contributed by atoms with Crippen molar-refractivity contribution in [3.8, 4) is 11.5 Å². The van der Waals surface area contributed by atoms with Gasteiger partial charge in [0.25, 0.3) is 0 Å². The minimum absolute atomic E-state index is 0.00326. The first-order chi connectivity index (χ1) is 17.8. The van der Waals surface area contributed by atoms with E-state index in [4.69, 9.17) is 5.11 Å². The quantitative estimate of drug-likeness (QED) is 0.207. The molecule has 38 heavy (non-hydrogen) atoms. The monoisotopic (exact) mass is 530 g/mol. The number of nitrogens with zero attached hydrogens (tertiary/aromatic N) is 1. The van der Waals surface area contributed by atoms with Gasteiger partial charge in [0, 0.05) is 35.6 Å². The number of nitrogens with one attached hydrogen (secondary N) is 3. The first-order valence-corrected chi connectivity index (χ1v) is 12.8. The number of hydrogen-bond acceptors (Lipinski definition) is 9.